The molecular weight excluding hydrogens is 316 g/mol. The molecule has 2 aliphatic heterocycles. The molecule has 6 heteroatoms. The van der Waals surface area contributed by atoms with E-state index < -0.39 is 0 Å². The maximum absolute atomic E-state index is 12.9. The summed E-state index contributed by atoms with van der Waals surface area (Å²) < 4.78 is 0. The summed E-state index contributed by atoms with van der Waals surface area (Å²) in [6, 6.07) is 4.06. The van der Waals surface area contributed by atoms with Gasteiger partial charge in [-0.05, 0) is 37.9 Å². The lowest BCUT2D eigenvalue weighted by Gasteiger charge is -2.39. The lowest BCUT2D eigenvalue weighted by atomic mass is 9.96. The van der Waals surface area contributed by atoms with Gasteiger partial charge in [-0.1, -0.05) is 6.07 Å². The van der Waals surface area contributed by atoms with Crippen molar-refractivity contribution in [1.29, 1.82) is 0 Å². The standard InChI is InChI=1S/C19H30N4O2/c1-16(24)13-21-8-10-23(11-9-21)19(25)18-5-3-7-22(15-18)14-17-4-2-6-20-12-17/h2,4,6,12,16,18,24H,3,5,7-11,13-15H2,1H3. The molecule has 25 heavy (non-hydrogen) atoms. The van der Waals surface area contributed by atoms with E-state index in [4.69, 9.17) is 0 Å². The van der Waals surface area contributed by atoms with E-state index in [1.165, 1.54) is 5.56 Å². The number of nitrogens with zero attached hydrogens (tertiary/aromatic N) is 4. The zero-order chi connectivity index (χ0) is 17.6. The number of aliphatic hydroxyl groups is 1. The Morgan fingerprint density at radius 2 is 2.08 bits per heavy atom. The molecule has 1 aromatic rings. The van der Waals surface area contributed by atoms with E-state index in [2.05, 4.69) is 20.9 Å². The number of carbonyl (C=O) groups is 1. The van der Waals surface area contributed by atoms with Crippen molar-refractivity contribution in [3.8, 4) is 0 Å². The van der Waals surface area contributed by atoms with Gasteiger partial charge in [0.05, 0.1) is 12.0 Å². The van der Waals surface area contributed by atoms with Crippen LogP contribution in [-0.2, 0) is 11.3 Å². The summed E-state index contributed by atoms with van der Waals surface area (Å²) in [7, 11) is 0. The van der Waals surface area contributed by atoms with Gasteiger partial charge < -0.3 is 10.0 Å². The SMILES string of the molecule is CC(O)CN1CCN(C(=O)C2CCCN(Cc3cccnc3)C2)CC1. The van der Waals surface area contributed by atoms with Gasteiger partial charge in [-0.3, -0.25) is 19.6 Å². The molecule has 2 saturated heterocycles. The van der Waals surface area contributed by atoms with Crippen molar-refractivity contribution in [1.82, 2.24) is 19.7 Å². The third kappa shape index (κ3) is 5.23. The van der Waals surface area contributed by atoms with Gasteiger partial charge in [0.1, 0.15) is 0 Å². The van der Waals surface area contributed by atoms with Gasteiger partial charge in [0.25, 0.3) is 0 Å². The number of pyridine rings is 1. The van der Waals surface area contributed by atoms with Gasteiger partial charge in [0.15, 0.2) is 0 Å². The van der Waals surface area contributed by atoms with Crippen LogP contribution in [0.4, 0.5) is 0 Å². The Morgan fingerprint density at radius 1 is 1.28 bits per heavy atom. The number of piperazine rings is 1. The van der Waals surface area contributed by atoms with E-state index in [9.17, 15) is 9.90 Å². The Kier molecular flexibility index (Phi) is 6.39. The molecule has 3 heterocycles. The second kappa shape index (κ2) is 8.74. The molecule has 1 amide bonds. The molecular formula is C19H30N4O2. The molecule has 0 saturated carbocycles. The second-order valence-electron chi connectivity index (χ2n) is 7.41. The normalized spacial score (nSPS) is 24.2. The number of hydrogen-bond donors (Lipinski definition) is 1. The van der Waals surface area contributed by atoms with Crippen LogP contribution in [0.1, 0.15) is 25.3 Å². The number of β-amino-alcohol motifs (C(OH)–C–C–N with tert-alkyl or cyclic N) is 1. The van der Waals surface area contributed by atoms with Crippen LogP contribution in [0.5, 0.6) is 0 Å². The van der Waals surface area contributed by atoms with Crippen molar-refractivity contribution in [3.63, 3.8) is 0 Å². The average Bonchev–Trinajstić information content (AvgIpc) is 2.62. The van der Waals surface area contributed by atoms with Crippen molar-refractivity contribution in [2.45, 2.75) is 32.4 Å². The van der Waals surface area contributed by atoms with Crippen molar-refractivity contribution in [3.05, 3.63) is 30.1 Å². The van der Waals surface area contributed by atoms with E-state index >= 15 is 0 Å². The van der Waals surface area contributed by atoms with Crippen molar-refractivity contribution >= 4 is 5.91 Å². The highest BCUT2D eigenvalue weighted by molar-refractivity contribution is 5.79. The number of aliphatic hydroxyl groups excluding tert-OH is 1. The molecule has 138 valence electrons. The van der Waals surface area contributed by atoms with Crippen molar-refractivity contribution in [2.24, 2.45) is 5.92 Å². The van der Waals surface area contributed by atoms with Gasteiger partial charge >= 0.3 is 0 Å². The Labute approximate surface area is 150 Å². The molecule has 6 nitrogen and oxygen atoms in total. The second-order valence-corrected chi connectivity index (χ2v) is 7.41. The van der Waals surface area contributed by atoms with Crippen LogP contribution in [0.2, 0.25) is 0 Å². The van der Waals surface area contributed by atoms with E-state index in [-0.39, 0.29) is 12.0 Å². The lowest BCUT2D eigenvalue weighted by Crippen LogP contribution is -2.53. The van der Waals surface area contributed by atoms with Gasteiger partial charge in [-0.2, -0.15) is 0 Å². The van der Waals surface area contributed by atoms with Gasteiger partial charge in [0, 0.05) is 58.2 Å². The van der Waals surface area contributed by atoms with Crippen molar-refractivity contribution < 1.29 is 9.90 Å². The minimum absolute atomic E-state index is 0.119. The van der Waals surface area contributed by atoms with Crippen LogP contribution < -0.4 is 0 Å². The van der Waals surface area contributed by atoms with Gasteiger partial charge in [0.2, 0.25) is 5.91 Å². The van der Waals surface area contributed by atoms with E-state index in [1.807, 2.05) is 24.1 Å². The number of hydrogen-bond acceptors (Lipinski definition) is 5. The zero-order valence-electron chi connectivity index (χ0n) is 15.2. The number of aromatic nitrogens is 1. The minimum atomic E-state index is -0.304. The smallest absolute Gasteiger partial charge is 0.227 e. The molecule has 2 fully saturated rings. The molecule has 0 spiro atoms. The summed E-state index contributed by atoms with van der Waals surface area (Å²) in [5.74, 6) is 0.432. The summed E-state index contributed by atoms with van der Waals surface area (Å²) in [6.45, 7) is 8.59. The quantitative estimate of drug-likeness (QED) is 0.855. The highest BCUT2D eigenvalue weighted by Gasteiger charge is 2.31. The summed E-state index contributed by atoms with van der Waals surface area (Å²) in [5, 5.41) is 9.50. The zero-order valence-corrected chi connectivity index (χ0v) is 15.2. The predicted octanol–water partition coefficient (Wildman–Crippen LogP) is 0.819. The first-order valence-electron chi connectivity index (χ1n) is 9.42. The van der Waals surface area contributed by atoms with E-state index in [1.54, 1.807) is 6.20 Å². The third-order valence-corrected chi connectivity index (χ3v) is 5.19. The molecule has 0 aliphatic carbocycles. The first-order chi connectivity index (χ1) is 12.1. The van der Waals surface area contributed by atoms with Crippen LogP contribution >= 0.6 is 0 Å². The van der Waals surface area contributed by atoms with Crippen LogP contribution in [-0.4, -0.2) is 82.6 Å². The first kappa shape index (κ1) is 18.3. The van der Waals surface area contributed by atoms with Crippen LogP contribution in [0.25, 0.3) is 0 Å². The Morgan fingerprint density at radius 3 is 2.76 bits per heavy atom. The minimum Gasteiger partial charge on any atom is -0.392 e. The van der Waals surface area contributed by atoms with Crippen LogP contribution in [0.15, 0.2) is 24.5 Å². The highest BCUT2D eigenvalue weighted by atomic mass is 16.3. The molecule has 0 radical (unpaired) electrons. The molecule has 2 atom stereocenters. The number of carbonyl (C=O) groups excluding carboxylic acids is 1. The Balaban J connectivity index is 1.49. The molecule has 2 aliphatic rings. The Bertz CT molecular complexity index is 544. The molecule has 2 unspecified atom stereocenters. The molecule has 0 aromatic carbocycles. The first-order valence-corrected chi connectivity index (χ1v) is 9.42. The van der Waals surface area contributed by atoms with E-state index in [0.29, 0.717) is 12.5 Å². The summed E-state index contributed by atoms with van der Waals surface area (Å²) in [5.41, 5.74) is 1.21. The fraction of sp³-hybridized carbons (Fsp3) is 0.684. The summed E-state index contributed by atoms with van der Waals surface area (Å²) >= 11 is 0. The van der Waals surface area contributed by atoms with Gasteiger partial charge in [-0.25, -0.2) is 0 Å². The fourth-order valence-electron chi connectivity index (χ4n) is 3.93. The van der Waals surface area contributed by atoms with Crippen molar-refractivity contribution in [2.75, 3.05) is 45.8 Å². The number of piperidine rings is 1. The number of rotatable bonds is 5. The average molecular weight is 346 g/mol. The monoisotopic (exact) mass is 346 g/mol. The maximum Gasteiger partial charge on any atom is 0.227 e. The van der Waals surface area contributed by atoms with E-state index in [0.717, 1.165) is 58.7 Å². The number of amides is 1. The fourth-order valence-corrected chi connectivity index (χ4v) is 3.93. The highest BCUT2D eigenvalue weighted by Crippen LogP contribution is 2.21. The maximum atomic E-state index is 12.9. The molecule has 3 rings (SSSR count). The predicted molar refractivity (Wildman–Crippen MR) is 96.9 cm³/mol. The molecule has 1 aromatic heterocycles. The molecule has 1 N–H and O–H groups in total. The number of likely N-dealkylation sites (tertiary alicyclic amines) is 1. The largest absolute Gasteiger partial charge is 0.392 e. The van der Waals surface area contributed by atoms with Crippen LogP contribution in [0, 0.1) is 5.92 Å². The summed E-state index contributed by atoms with van der Waals surface area (Å²) in [4.78, 5) is 23.7. The Hall–Kier alpha value is -1.50. The molecule has 0 bridgehead atoms. The van der Waals surface area contributed by atoms with Crippen LogP contribution in [0.3, 0.4) is 0 Å². The topological polar surface area (TPSA) is 59.9 Å². The summed E-state index contributed by atoms with van der Waals surface area (Å²) in [6.07, 6.45) is 5.48. The van der Waals surface area contributed by atoms with Gasteiger partial charge in [-0.15, -0.1) is 0 Å². The lowest BCUT2D eigenvalue weighted by molar-refractivity contribution is -0.139. The third-order valence-electron chi connectivity index (χ3n) is 5.19.